The Bertz CT molecular complexity index is 563. The highest BCUT2D eigenvalue weighted by Gasteiger charge is 2.18. The Hall–Kier alpha value is -2.00. The van der Waals surface area contributed by atoms with Crippen LogP contribution in [0.4, 0.5) is 10.1 Å². The van der Waals surface area contributed by atoms with Gasteiger partial charge in [0.15, 0.2) is 10.8 Å². The molecular weight excluding hydrogens is 274 g/mol. The van der Waals surface area contributed by atoms with Crippen molar-refractivity contribution < 1.29 is 9.63 Å². The largest absolute Gasteiger partial charge is 0.398 e. The SMILES string of the molecule is CON=C(C(=O)Nc1cncs1)c1csc(N)n1. The topological polar surface area (TPSA) is 102 Å². The van der Waals surface area contributed by atoms with E-state index in [4.69, 9.17) is 5.73 Å². The van der Waals surface area contributed by atoms with Crippen LogP contribution >= 0.6 is 22.7 Å². The number of oxime groups is 1. The number of amides is 1. The zero-order chi connectivity index (χ0) is 13.0. The van der Waals surface area contributed by atoms with Crippen LogP contribution in [0.2, 0.25) is 0 Å². The van der Waals surface area contributed by atoms with Gasteiger partial charge in [0.1, 0.15) is 17.8 Å². The molecule has 0 radical (unpaired) electrons. The number of thiazole rings is 2. The van der Waals surface area contributed by atoms with E-state index in [0.717, 1.165) is 0 Å². The van der Waals surface area contributed by atoms with Gasteiger partial charge < -0.3 is 15.9 Å². The van der Waals surface area contributed by atoms with Gasteiger partial charge in [-0.05, 0) is 0 Å². The van der Waals surface area contributed by atoms with Crippen LogP contribution in [0.15, 0.2) is 22.2 Å². The maximum atomic E-state index is 12.0. The Morgan fingerprint density at radius 2 is 2.39 bits per heavy atom. The van der Waals surface area contributed by atoms with E-state index in [1.165, 1.54) is 29.8 Å². The molecule has 1 amide bonds. The highest BCUT2D eigenvalue weighted by Crippen LogP contribution is 2.15. The molecule has 0 saturated carbocycles. The van der Waals surface area contributed by atoms with E-state index in [9.17, 15) is 4.79 Å². The minimum Gasteiger partial charge on any atom is -0.398 e. The summed E-state index contributed by atoms with van der Waals surface area (Å²) in [7, 11) is 1.36. The van der Waals surface area contributed by atoms with Crippen molar-refractivity contribution in [1.29, 1.82) is 0 Å². The molecule has 0 bridgehead atoms. The van der Waals surface area contributed by atoms with Crippen molar-refractivity contribution >= 4 is 44.4 Å². The first-order chi connectivity index (χ1) is 8.70. The van der Waals surface area contributed by atoms with Crippen molar-refractivity contribution in [2.24, 2.45) is 5.16 Å². The first-order valence-electron chi connectivity index (χ1n) is 4.73. The summed E-state index contributed by atoms with van der Waals surface area (Å²) in [5.74, 6) is -0.425. The van der Waals surface area contributed by atoms with Gasteiger partial charge in [0.05, 0.1) is 11.7 Å². The molecule has 0 aliphatic rings. The number of hydrogen-bond acceptors (Lipinski definition) is 8. The van der Waals surface area contributed by atoms with Crippen molar-refractivity contribution in [3.8, 4) is 0 Å². The zero-order valence-electron chi connectivity index (χ0n) is 9.28. The molecule has 3 N–H and O–H groups in total. The van der Waals surface area contributed by atoms with Crippen LogP contribution in [0.25, 0.3) is 0 Å². The summed E-state index contributed by atoms with van der Waals surface area (Å²) >= 11 is 2.53. The number of aromatic nitrogens is 2. The van der Waals surface area contributed by atoms with Crippen molar-refractivity contribution in [1.82, 2.24) is 9.97 Å². The lowest BCUT2D eigenvalue weighted by Crippen LogP contribution is -2.24. The maximum absolute atomic E-state index is 12.0. The zero-order valence-corrected chi connectivity index (χ0v) is 10.9. The molecule has 0 unspecified atom stereocenters. The molecule has 2 rings (SSSR count). The van der Waals surface area contributed by atoms with Crippen LogP contribution in [0.1, 0.15) is 5.69 Å². The van der Waals surface area contributed by atoms with Gasteiger partial charge in [0.2, 0.25) is 0 Å². The standard InChI is InChI=1S/C9H9N5O2S2/c1-16-14-7(5-3-17-9(10)12-5)8(15)13-6-2-11-4-18-6/h2-4H,1H3,(H2,10,12)(H,13,15). The quantitative estimate of drug-likeness (QED) is 0.647. The number of nitrogens with two attached hydrogens (primary N) is 1. The Morgan fingerprint density at radius 1 is 1.56 bits per heavy atom. The van der Waals surface area contributed by atoms with E-state index in [-0.39, 0.29) is 5.71 Å². The van der Waals surface area contributed by atoms with E-state index in [1.54, 1.807) is 17.1 Å². The molecule has 0 aromatic carbocycles. The summed E-state index contributed by atoms with van der Waals surface area (Å²) in [6, 6.07) is 0. The molecule has 2 aromatic rings. The third kappa shape index (κ3) is 2.81. The van der Waals surface area contributed by atoms with Crippen molar-refractivity contribution in [3.05, 3.63) is 22.8 Å². The average molecular weight is 283 g/mol. The Morgan fingerprint density at radius 3 is 2.94 bits per heavy atom. The van der Waals surface area contributed by atoms with E-state index >= 15 is 0 Å². The van der Waals surface area contributed by atoms with Gasteiger partial charge in [0, 0.05) is 5.38 Å². The van der Waals surface area contributed by atoms with Crippen LogP contribution in [-0.4, -0.2) is 28.7 Å². The fourth-order valence-electron chi connectivity index (χ4n) is 1.14. The minimum atomic E-state index is -0.425. The maximum Gasteiger partial charge on any atom is 0.280 e. The first-order valence-corrected chi connectivity index (χ1v) is 6.49. The van der Waals surface area contributed by atoms with Crippen LogP contribution in [-0.2, 0) is 9.63 Å². The fourth-order valence-corrected chi connectivity index (χ4v) is 2.20. The molecule has 18 heavy (non-hydrogen) atoms. The second-order valence-corrected chi connectivity index (χ2v) is 4.79. The number of carbonyl (C=O) groups is 1. The fraction of sp³-hybridized carbons (Fsp3) is 0.111. The van der Waals surface area contributed by atoms with E-state index in [2.05, 4.69) is 25.3 Å². The third-order valence-corrected chi connectivity index (χ3v) is 3.19. The lowest BCUT2D eigenvalue weighted by atomic mass is 10.3. The summed E-state index contributed by atoms with van der Waals surface area (Å²) in [6.45, 7) is 0. The van der Waals surface area contributed by atoms with Gasteiger partial charge in [-0.2, -0.15) is 0 Å². The van der Waals surface area contributed by atoms with Crippen molar-refractivity contribution in [2.45, 2.75) is 0 Å². The summed E-state index contributed by atoms with van der Waals surface area (Å²) in [5, 5.41) is 8.93. The number of nitrogen functional groups attached to an aromatic ring is 1. The Kier molecular flexibility index (Phi) is 3.85. The number of carbonyl (C=O) groups excluding carboxylic acids is 1. The lowest BCUT2D eigenvalue weighted by Gasteiger charge is -2.02. The predicted molar refractivity (Wildman–Crippen MR) is 70.8 cm³/mol. The normalized spacial score (nSPS) is 11.3. The number of nitrogens with one attached hydrogen (secondary N) is 1. The molecule has 0 atom stereocenters. The number of nitrogens with zero attached hydrogens (tertiary/aromatic N) is 3. The molecule has 2 aromatic heterocycles. The number of anilines is 2. The first kappa shape index (κ1) is 12.5. The minimum absolute atomic E-state index is 0.0684. The number of rotatable bonds is 4. The van der Waals surface area contributed by atoms with Crippen LogP contribution in [0.5, 0.6) is 0 Å². The number of hydrogen-bond donors (Lipinski definition) is 2. The molecule has 9 heteroatoms. The monoisotopic (exact) mass is 283 g/mol. The second-order valence-electron chi connectivity index (χ2n) is 3.01. The molecule has 0 fully saturated rings. The van der Waals surface area contributed by atoms with Crippen LogP contribution in [0, 0.1) is 0 Å². The van der Waals surface area contributed by atoms with Crippen molar-refractivity contribution in [3.63, 3.8) is 0 Å². The highest BCUT2D eigenvalue weighted by molar-refractivity contribution is 7.14. The van der Waals surface area contributed by atoms with Gasteiger partial charge >= 0.3 is 0 Å². The second kappa shape index (κ2) is 5.56. The van der Waals surface area contributed by atoms with Crippen molar-refractivity contribution in [2.75, 3.05) is 18.2 Å². The van der Waals surface area contributed by atoms with Gasteiger partial charge in [-0.25, -0.2) is 4.98 Å². The summed E-state index contributed by atoms with van der Waals surface area (Å²) in [5.41, 5.74) is 7.58. The van der Waals surface area contributed by atoms with Gasteiger partial charge in [0.25, 0.3) is 5.91 Å². The lowest BCUT2D eigenvalue weighted by molar-refractivity contribution is -0.110. The summed E-state index contributed by atoms with van der Waals surface area (Å²) in [6.07, 6.45) is 1.54. The molecule has 2 heterocycles. The third-order valence-electron chi connectivity index (χ3n) is 1.83. The van der Waals surface area contributed by atoms with Gasteiger partial charge in [-0.3, -0.25) is 9.78 Å². The average Bonchev–Trinajstić information content (AvgIpc) is 2.97. The van der Waals surface area contributed by atoms with E-state index in [0.29, 0.717) is 15.8 Å². The van der Waals surface area contributed by atoms with Gasteiger partial charge in [-0.1, -0.05) is 5.16 Å². The summed E-state index contributed by atoms with van der Waals surface area (Å²) in [4.78, 5) is 24.5. The molecule has 0 aliphatic heterocycles. The molecule has 7 nitrogen and oxygen atoms in total. The molecule has 0 spiro atoms. The smallest absolute Gasteiger partial charge is 0.280 e. The molecule has 0 aliphatic carbocycles. The van der Waals surface area contributed by atoms with Gasteiger partial charge in [-0.15, -0.1) is 22.7 Å². The van der Waals surface area contributed by atoms with E-state index in [1.807, 2.05) is 0 Å². The molecule has 0 saturated heterocycles. The van der Waals surface area contributed by atoms with Crippen LogP contribution in [0.3, 0.4) is 0 Å². The molecule has 94 valence electrons. The highest BCUT2D eigenvalue weighted by atomic mass is 32.1. The van der Waals surface area contributed by atoms with Crippen LogP contribution < -0.4 is 11.1 Å². The Balaban J connectivity index is 2.21. The summed E-state index contributed by atoms with van der Waals surface area (Å²) < 4.78 is 0. The Labute approximate surface area is 110 Å². The predicted octanol–water partition coefficient (Wildman–Crippen LogP) is 1.17. The molecular formula is C9H9N5O2S2. The van der Waals surface area contributed by atoms with E-state index < -0.39 is 5.91 Å².